The Morgan fingerprint density at radius 2 is 2.18 bits per heavy atom. The Morgan fingerprint density at radius 1 is 1.64 bits per heavy atom. The van der Waals surface area contributed by atoms with Crippen molar-refractivity contribution in [1.29, 1.82) is 0 Å². The summed E-state index contributed by atoms with van der Waals surface area (Å²) in [6, 6.07) is 0. The molecule has 66 valence electrons. The molecule has 1 heterocycles. The lowest BCUT2D eigenvalue weighted by atomic mass is 10.4. The molecular weight excluding hydrogens is 170 g/mol. The Morgan fingerprint density at radius 3 is 2.27 bits per heavy atom. The van der Waals surface area contributed by atoms with Gasteiger partial charge in [0.1, 0.15) is 12.8 Å². The van der Waals surface area contributed by atoms with Crippen LogP contribution >= 0.6 is 0 Å². The second kappa shape index (κ2) is 5.22. The van der Waals surface area contributed by atoms with Crippen molar-refractivity contribution < 1.29 is 22.1 Å². The average molecular weight is 181 g/mol. The molecule has 0 radical (unpaired) electrons. The molecule has 0 aromatic heterocycles. The van der Waals surface area contributed by atoms with Gasteiger partial charge in [0.25, 0.3) is 0 Å². The van der Waals surface area contributed by atoms with Gasteiger partial charge in [-0.05, 0) is 0 Å². The first-order chi connectivity index (χ1) is 5.06. The zero-order chi connectivity index (χ0) is 8.74. The molecule has 5 nitrogen and oxygen atoms in total. The molecular formula is C5H11NO4S. The molecule has 0 bridgehead atoms. The minimum atomic E-state index is -4.41. The Balaban J connectivity index is 0.000000183. The minimum absolute atomic E-state index is 0.808. The van der Waals surface area contributed by atoms with E-state index in [1.807, 2.05) is 0 Å². The fraction of sp³-hybridized carbons (Fsp3) is 0.800. The van der Waals surface area contributed by atoms with Crippen molar-refractivity contribution >= 4 is 16.6 Å². The molecule has 6 heteroatoms. The maximum atomic E-state index is 9.22. The fourth-order valence-electron chi connectivity index (χ4n) is 0.510. The Kier molecular flexibility index (Phi) is 5.01. The second-order valence-corrected chi connectivity index (χ2v) is 3.03. The van der Waals surface area contributed by atoms with Crippen LogP contribution in [0.4, 0.5) is 0 Å². The van der Waals surface area contributed by atoms with Crippen molar-refractivity contribution in [3.63, 3.8) is 0 Å². The lowest BCUT2D eigenvalue weighted by molar-refractivity contribution is -0.442. The van der Waals surface area contributed by atoms with E-state index >= 15 is 0 Å². The van der Waals surface area contributed by atoms with E-state index in [4.69, 9.17) is 0 Å². The van der Waals surface area contributed by atoms with E-state index in [-0.39, 0.29) is 0 Å². The van der Waals surface area contributed by atoms with Gasteiger partial charge in [-0.3, -0.25) is 9.18 Å². The van der Waals surface area contributed by atoms with Gasteiger partial charge >= 0.3 is 0 Å². The number of hydrogen-bond acceptors (Lipinski definition) is 4. The normalized spacial score (nSPS) is 15.8. The van der Waals surface area contributed by atoms with Crippen LogP contribution in [0.3, 0.4) is 0 Å². The summed E-state index contributed by atoms with van der Waals surface area (Å²) in [4.78, 5) is 3.10. The zero-order valence-electron chi connectivity index (χ0n) is 6.24. The topological polar surface area (TPSA) is 80.4 Å². The van der Waals surface area contributed by atoms with E-state index in [0.29, 0.717) is 0 Å². The molecule has 0 unspecified atom stereocenters. The Labute approximate surface area is 66.0 Å². The summed E-state index contributed by atoms with van der Waals surface area (Å²) in [7, 11) is -3.60. The number of hydrogen-bond donors (Lipinski definition) is 1. The first-order valence-electron chi connectivity index (χ1n) is 3.13. The highest BCUT2D eigenvalue weighted by Crippen LogP contribution is 1.77. The first kappa shape index (κ1) is 10.5. The molecule has 0 saturated heterocycles. The SMILES string of the molecule is C1=[NH+]CCC1.COS(=O)(=O)[O-]. The summed E-state index contributed by atoms with van der Waals surface area (Å²) < 4.78 is 31.0. The molecule has 0 aromatic carbocycles. The van der Waals surface area contributed by atoms with Gasteiger partial charge in [0.2, 0.25) is 10.4 Å². The van der Waals surface area contributed by atoms with Crippen LogP contribution in [0.2, 0.25) is 0 Å². The van der Waals surface area contributed by atoms with Crippen LogP contribution in [0.15, 0.2) is 0 Å². The molecule has 1 N–H and O–H groups in total. The largest absolute Gasteiger partial charge is 0.726 e. The standard InChI is InChI=1S/C4H7N.CH4O4S/c1-2-4-5-3-1;1-5-6(2,3)4/h3H,1-2,4H2;1H3,(H,2,3,4). The van der Waals surface area contributed by atoms with Crippen molar-refractivity contribution in [2.75, 3.05) is 13.7 Å². The van der Waals surface area contributed by atoms with Crippen LogP contribution in [-0.2, 0) is 14.6 Å². The summed E-state index contributed by atoms with van der Waals surface area (Å²) in [5, 5.41) is 0. The molecule has 0 atom stereocenters. The summed E-state index contributed by atoms with van der Waals surface area (Å²) in [5.74, 6) is 0. The Hall–Kier alpha value is -0.460. The summed E-state index contributed by atoms with van der Waals surface area (Å²) >= 11 is 0. The highest BCUT2D eigenvalue weighted by Gasteiger charge is 1.93. The van der Waals surface area contributed by atoms with E-state index < -0.39 is 10.4 Å². The predicted molar refractivity (Wildman–Crippen MR) is 37.8 cm³/mol. The molecule has 1 aliphatic rings. The molecule has 1 aliphatic heterocycles. The lowest BCUT2D eigenvalue weighted by Crippen LogP contribution is -2.65. The summed E-state index contributed by atoms with van der Waals surface area (Å²) in [6.07, 6.45) is 4.71. The second-order valence-electron chi connectivity index (χ2n) is 1.88. The number of nitrogens with one attached hydrogen (secondary N) is 1. The highest BCUT2D eigenvalue weighted by atomic mass is 32.3. The molecule has 0 fully saturated rings. The van der Waals surface area contributed by atoms with Crippen LogP contribution < -0.4 is 4.99 Å². The fourth-order valence-corrected chi connectivity index (χ4v) is 0.510. The van der Waals surface area contributed by atoms with Crippen LogP contribution in [0.25, 0.3) is 0 Å². The van der Waals surface area contributed by atoms with E-state index in [1.165, 1.54) is 19.4 Å². The van der Waals surface area contributed by atoms with Crippen LogP contribution in [0.5, 0.6) is 0 Å². The third kappa shape index (κ3) is 9.54. The minimum Gasteiger partial charge on any atom is -0.726 e. The van der Waals surface area contributed by atoms with Crippen molar-refractivity contribution in [1.82, 2.24) is 0 Å². The van der Waals surface area contributed by atoms with E-state index in [0.717, 1.165) is 7.11 Å². The van der Waals surface area contributed by atoms with Crippen LogP contribution in [0, 0.1) is 0 Å². The Bertz CT molecular complexity index is 203. The molecule has 11 heavy (non-hydrogen) atoms. The predicted octanol–water partition coefficient (Wildman–Crippen LogP) is -1.98. The highest BCUT2D eigenvalue weighted by molar-refractivity contribution is 7.80. The zero-order valence-corrected chi connectivity index (χ0v) is 7.06. The molecule has 0 aromatic rings. The molecule has 0 saturated carbocycles. The van der Waals surface area contributed by atoms with Crippen molar-refractivity contribution in [3.05, 3.63) is 0 Å². The maximum Gasteiger partial charge on any atom is 0.217 e. The molecule has 0 spiro atoms. The van der Waals surface area contributed by atoms with Gasteiger partial charge in [0.05, 0.1) is 7.11 Å². The smallest absolute Gasteiger partial charge is 0.217 e. The molecule has 1 rings (SSSR count). The summed E-state index contributed by atoms with van der Waals surface area (Å²) in [6.45, 7) is 1.19. The average Bonchev–Trinajstić information content (AvgIpc) is 2.41. The lowest BCUT2D eigenvalue weighted by Gasteiger charge is -1.98. The van der Waals surface area contributed by atoms with E-state index in [1.54, 1.807) is 0 Å². The van der Waals surface area contributed by atoms with Gasteiger partial charge in [0, 0.05) is 12.8 Å². The van der Waals surface area contributed by atoms with Gasteiger partial charge in [-0.25, -0.2) is 8.42 Å². The maximum absolute atomic E-state index is 9.22. The van der Waals surface area contributed by atoms with Crippen LogP contribution in [0.1, 0.15) is 12.8 Å². The van der Waals surface area contributed by atoms with Gasteiger partial charge in [-0.2, -0.15) is 0 Å². The third-order valence-corrected chi connectivity index (χ3v) is 1.43. The van der Waals surface area contributed by atoms with Gasteiger partial charge in [-0.1, -0.05) is 0 Å². The summed E-state index contributed by atoms with van der Waals surface area (Å²) in [5.41, 5.74) is 0. The van der Waals surface area contributed by atoms with E-state index in [9.17, 15) is 13.0 Å². The van der Waals surface area contributed by atoms with Gasteiger partial charge < -0.3 is 4.55 Å². The number of rotatable bonds is 1. The molecule has 0 aliphatic carbocycles. The third-order valence-electron chi connectivity index (χ3n) is 1.02. The van der Waals surface area contributed by atoms with Crippen molar-refractivity contribution in [2.24, 2.45) is 0 Å². The first-order valence-corrected chi connectivity index (χ1v) is 4.46. The van der Waals surface area contributed by atoms with Crippen molar-refractivity contribution in [3.8, 4) is 0 Å². The monoisotopic (exact) mass is 181 g/mol. The van der Waals surface area contributed by atoms with Crippen LogP contribution in [-0.4, -0.2) is 32.8 Å². The quantitative estimate of drug-likeness (QED) is 0.375. The molecule has 0 amide bonds. The van der Waals surface area contributed by atoms with Gasteiger partial charge in [-0.15, -0.1) is 0 Å². The van der Waals surface area contributed by atoms with E-state index in [2.05, 4.69) is 15.4 Å². The van der Waals surface area contributed by atoms with Crippen molar-refractivity contribution in [2.45, 2.75) is 12.8 Å². The van der Waals surface area contributed by atoms with Gasteiger partial charge in [0.15, 0.2) is 0 Å².